The fraction of sp³-hybridized carbons (Fsp3) is 0.478. The molecule has 0 aliphatic carbocycles. The van der Waals surface area contributed by atoms with E-state index in [2.05, 4.69) is 16.0 Å². The van der Waals surface area contributed by atoms with Gasteiger partial charge in [-0.15, -0.1) is 0 Å². The van der Waals surface area contributed by atoms with Gasteiger partial charge in [-0.1, -0.05) is 30.3 Å². The summed E-state index contributed by atoms with van der Waals surface area (Å²) < 4.78 is 5.32. The van der Waals surface area contributed by atoms with Gasteiger partial charge in [0.15, 0.2) is 0 Å². The van der Waals surface area contributed by atoms with Crippen molar-refractivity contribution in [3.63, 3.8) is 0 Å². The molecule has 3 rings (SSSR count). The standard InChI is InChI=1S/C23H28N6O4/c1-22(2,3)33-18(30)14-27(4)20-19(29(31)32)21(26-16-25-20)28-12-10-23(15-24,11-13-28)17-8-6-5-7-9-17/h5-9,16H,10-14H2,1-4H3. The molecule has 0 saturated carbocycles. The first kappa shape index (κ1) is 23.9. The molecule has 1 fully saturated rings. The maximum Gasteiger partial charge on any atom is 0.353 e. The highest BCUT2D eigenvalue weighted by molar-refractivity contribution is 5.79. The minimum Gasteiger partial charge on any atom is -0.459 e. The Kier molecular flexibility index (Phi) is 6.81. The van der Waals surface area contributed by atoms with E-state index in [4.69, 9.17) is 4.74 Å². The number of aromatic nitrogens is 2. The van der Waals surface area contributed by atoms with Crippen molar-refractivity contribution in [2.75, 3.05) is 36.5 Å². The third kappa shape index (κ3) is 5.37. The van der Waals surface area contributed by atoms with E-state index in [9.17, 15) is 20.2 Å². The van der Waals surface area contributed by atoms with E-state index in [-0.39, 0.29) is 23.9 Å². The molecule has 1 saturated heterocycles. The van der Waals surface area contributed by atoms with E-state index in [1.165, 1.54) is 11.2 Å². The maximum atomic E-state index is 12.2. The first-order valence-electron chi connectivity index (χ1n) is 10.7. The number of carbonyl (C=O) groups excluding carboxylic acids is 1. The Morgan fingerprint density at radius 2 is 1.91 bits per heavy atom. The zero-order valence-corrected chi connectivity index (χ0v) is 19.3. The number of piperidine rings is 1. The molecule has 10 heteroatoms. The smallest absolute Gasteiger partial charge is 0.353 e. The van der Waals surface area contributed by atoms with E-state index in [1.54, 1.807) is 27.8 Å². The molecule has 10 nitrogen and oxygen atoms in total. The molecular weight excluding hydrogens is 424 g/mol. The molecule has 1 aliphatic heterocycles. The van der Waals surface area contributed by atoms with Gasteiger partial charge in [0.2, 0.25) is 11.6 Å². The number of nitriles is 1. The average molecular weight is 453 g/mol. The van der Waals surface area contributed by atoms with Crippen molar-refractivity contribution in [2.45, 2.75) is 44.6 Å². The van der Waals surface area contributed by atoms with E-state index < -0.39 is 21.9 Å². The lowest BCUT2D eigenvalue weighted by Crippen LogP contribution is -2.42. The second kappa shape index (κ2) is 9.40. The molecule has 2 heterocycles. The van der Waals surface area contributed by atoms with E-state index in [1.807, 2.05) is 35.2 Å². The van der Waals surface area contributed by atoms with Crippen LogP contribution in [-0.2, 0) is 14.9 Å². The Bertz CT molecular complexity index is 1050. The Labute approximate surface area is 193 Å². The summed E-state index contributed by atoms with van der Waals surface area (Å²) in [6.45, 7) is 5.92. The normalized spacial score (nSPS) is 15.4. The van der Waals surface area contributed by atoms with Crippen LogP contribution in [0.25, 0.3) is 0 Å². The molecule has 0 atom stereocenters. The lowest BCUT2D eigenvalue weighted by molar-refractivity contribution is -0.383. The quantitative estimate of drug-likeness (QED) is 0.369. The predicted octanol–water partition coefficient (Wildman–Crippen LogP) is 3.22. The molecule has 0 unspecified atom stereocenters. The molecule has 1 aliphatic rings. The predicted molar refractivity (Wildman–Crippen MR) is 123 cm³/mol. The Morgan fingerprint density at radius 3 is 2.45 bits per heavy atom. The van der Waals surface area contributed by atoms with Crippen LogP contribution in [0.5, 0.6) is 0 Å². The third-order valence-electron chi connectivity index (χ3n) is 5.57. The van der Waals surface area contributed by atoms with Crippen molar-refractivity contribution in [2.24, 2.45) is 0 Å². The number of hydrogen-bond donors (Lipinski definition) is 0. The van der Waals surface area contributed by atoms with Crippen molar-refractivity contribution in [1.82, 2.24) is 9.97 Å². The van der Waals surface area contributed by atoms with Crippen molar-refractivity contribution in [3.8, 4) is 6.07 Å². The van der Waals surface area contributed by atoms with Gasteiger partial charge in [-0.05, 0) is 39.2 Å². The van der Waals surface area contributed by atoms with Crippen LogP contribution in [-0.4, -0.2) is 53.1 Å². The number of benzene rings is 1. The molecule has 0 amide bonds. The van der Waals surface area contributed by atoms with Crippen molar-refractivity contribution < 1.29 is 14.5 Å². The summed E-state index contributed by atoms with van der Waals surface area (Å²) >= 11 is 0. The van der Waals surface area contributed by atoms with Gasteiger partial charge in [-0.2, -0.15) is 5.26 Å². The topological polar surface area (TPSA) is 125 Å². The number of anilines is 2. The highest BCUT2D eigenvalue weighted by Gasteiger charge is 2.39. The van der Waals surface area contributed by atoms with Crippen LogP contribution in [0, 0.1) is 21.4 Å². The Morgan fingerprint density at radius 1 is 1.27 bits per heavy atom. The van der Waals surface area contributed by atoms with Gasteiger partial charge in [0.25, 0.3) is 0 Å². The molecule has 0 N–H and O–H groups in total. The first-order valence-corrected chi connectivity index (χ1v) is 10.7. The lowest BCUT2D eigenvalue weighted by atomic mass is 9.74. The second-order valence-electron chi connectivity index (χ2n) is 9.12. The Balaban J connectivity index is 1.84. The van der Waals surface area contributed by atoms with Gasteiger partial charge in [-0.3, -0.25) is 14.9 Å². The lowest BCUT2D eigenvalue weighted by Gasteiger charge is -2.38. The van der Waals surface area contributed by atoms with Gasteiger partial charge in [0.1, 0.15) is 18.5 Å². The van der Waals surface area contributed by atoms with Gasteiger partial charge in [0.05, 0.1) is 16.4 Å². The molecule has 174 valence electrons. The molecular formula is C23H28N6O4. The molecule has 1 aromatic heterocycles. The van der Waals surface area contributed by atoms with Crippen molar-refractivity contribution >= 4 is 23.3 Å². The van der Waals surface area contributed by atoms with Crippen LogP contribution in [0.2, 0.25) is 0 Å². The second-order valence-corrected chi connectivity index (χ2v) is 9.12. The van der Waals surface area contributed by atoms with Crippen LogP contribution < -0.4 is 9.80 Å². The fourth-order valence-corrected chi connectivity index (χ4v) is 4.00. The molecule has 1 aromatic carbocycles. The van der Waals surface area contributed by atoms with Gasteiger partial charge >= 0.3 is 11.7 Å². The molecule has 33 heavy (non-hydrogen) atoms. The summed E-state index contributed by atoms with van der Waals surface area (Å²) in [4.78, 5) is 35.2. The van der Waals surface area contributed by atoms with Crippen molar-refractivity contribution in [3.05, 3.63) is 52.3 Å². The van der Waals surface area contributed by atoms with Crippen LogP contribution >= 0.6 is 0 Å². The van der Waals surface area contributed by atoms with Crippen molar-refractivity contribution in [1.29, 1.82) is 5.26 Å². The zero-order chi connectivity index (χ0) is 24.2. The first-order chi connectivity index (χ1) is 15.6. The number of esters is 1. The fourth-order valence-electron chi connectivity index (χ4n) is 4.00. The number of hydrogen-bond acceptors (Lipinski definition) is 9. The van der Waals surface area contributed by atoms with Gasteiger partial charge in [0, 0.05) is 20.1 Å². The number of ether oxygens (including phenoxy) is 1. The number of rotatable bonds is 6. The zero-order valence-electron chi connectivity index (χ0n) is 19.3. The highest BCUT2D eigenvalue weighted by Crippen LogP contribution is 2.40. The third-order valence-corrected chi connectivity index (χ3v) is 5.57. The van der Waals surface area contributed by atoms with E-state index >= 15 is 0 Å². The van der Waals surface area contributed by atoms with Gasteiger partial charge in [-0.25, -0.2) is 9.97 Å². The molecule has 2 aromatic rings. The number of nitrogens with zero attached hydrogens (tertiary/aromatic N) is 6. The van der Waals surface area contributed by atoms with Crippen LogP contribution in [0.1, 0.15) is 39.2 Å². The SMILES string of the molecule is CN(CC(=O)OC(C)(C)C)c1ncnc(N2CCC(C#N)(c3ccccc3)CC2)c1[N+](=O)[O-]. The summed E-state index contributed by atoms with van der Waals surface area (Å²) in [5.41, 5.74) is -0.633. The highest BCUT2D eigenvalue weighted by atomic mass is 16.6. The van der Waals surface area contributed by atoms with E-state index in [0.717, 1.165) is 5.56 Å². The number of carbonyl (C=O) groups is 1. The van der Waals surface area contributed by atoms with Crippen LogP contribution in [0.15, 0.2) is 36.7 Å². The van der Waals surface area contributed by atoms with Crippen LogP contribution in [0.3, 0.4) is 0 Å². The minimum absolute atomic E-state index is 0.0380. The van der Waals surface area contributed by atoms with Gasteiger partial charge < -0.3 is 14.5 Å². The summed E-state index contributed by atoms with van der Waals surface area (Å²) in [7, 11) is 1.55. The number of nitro groups is 1. The number of likely N-dealkylation sites (N-methyl/N-ethyl adjacent to an activating group) is 1. The van der Waals surface area contributed by atoms with Crippen LogP contribution in [0.4, 0.5) is 17.3 Å². The monoisotopic (exact) mass is 452 g/mol. The van der Waals surface area contributed by atoms with E-state index in [0.29, 0.717) is 25.9 Å². The minimum atomic E-state index is -0.666. The summed E-state index contributed by atoms with van der Waals surface area (Å²) in [5.74, 6) is -0.296. The summed E-state index contributed by atoms with van der Waals surface area (Å²) in [6.07, 6.45) is 2.28. The summed E-state index contributed by atoms with van der Waals surface area (Å²) in [5, 5.41) is 21.9. The largest absolute Gasteiger partial charge is 0.459 e. The maximum absolute atomic E-state index is 12.2. The Hall–Kier alpha value is -3.74. The molecule has 0 radical (unpaired) electrons. The molecule has 0 bridgehead atoms. The molecule has 0 spiro atoms. The average Bonchev–Trinajstić information content (AvgIpc) is 2.77. The summed E-state index contributed by atoms with van der Waals surface area (Å²) in [6, 6.07) is 12.1.